The maximum atomic E-state index is 12.7. The number of aliphatic hydroxyl groups is 1. The van der Waals surface area contributed by atoms with Crippen LogP contribution < -0.4 is 4.74 Å². The van der Waals surface area contributed by atoms with Gasteiger partial charge in [-0.15, -0.1) is 0 Å². The van der Waals surface area contributed by atoms with E-state index in [1.54, 1.807) is 18.9 Å². The van der Waals surface area contributed by atoms with Gasteiger partial charge in [-0.05, 0) is 24.6 Å². The van der Waals surface area contributed by atoms with Crippen molar-refractivity contribution in [2.45, 2.75) is 38.0 Å². The number of benzene rings is 2. The monoisotopic (exact) mass is 383 g/mol. The van der Waals surface area contributed by atoms with Crippen LogP contribution >= 0.6 is 0 Å². The zero-order valence-corrected chi connectivity index (χ0v) is 16.0. The number of amides is 1. The van der Waals surface area contributed by atoms with Crippen molar-refractivity contribution >= 4 is 5.91 Å². The van der Waals surface area contributed by atoms with Crippen LogP contribution in [-0.2, 0) is 20.8 Å². The average molecular weight is 383 g/mol. The van der Waals surface area contributed by atoms with E-state index in [1.165, 1.54) is 0 Å². The summed E-state index contributed by atoms with van der Waals surface area (Å²) in [5.41, 5.74) is 1.95. The highest BCUT2D eigenvalue weighted by atomic mass is 16.7. The minimum atomic E-state index is -0.732. The molecule has 1 amide bonds. The number of likely N-dealkylation sites (tertiary alicyclic amines) is 1. The number of ether oxygens (including phenoxy) is 3. The van der Waals surface area contributed by atoms with Gasteiger partial charge in [0.2, 0.25) is 5.91 Å². The maximum Gasteiger partial charge on any atom is 0.231 e. The van der Waals surface area contributed by atoms with Crippen molar-refractivity contribution < 1.29 is 24.1 Å². The molecule has 5 atom stereocenters. The van der Waals surface area contributed by atoms with E-state index in [1.807, 2.05) is 54.6 Å². The Hall–Kier alpha value is -2.41. The van der Waals surface area contributed by atoms with Gasteiger partial charge in [0.05, 0.1) is 31.8 Å². The third kappa shape index (κ3) is 3.51. The third-order valence-electron chi connectivity index (χ3n) is 5.49. The smallest absolute Gasteiger partial charge is 0.231 e. The summed E-state index contributed by atoms with van der Waals surface area (Å²) in [4.78, 5) is 14.5. The summed E-state index contributed by atoms with van der Waals surface area (Å²) in [5, 5.41) is 10.1. The Morgan fingerprint density at radius 2 is 1.89 bits per heavy atom. The topological polar surface area (TPSA) is 68.2 Å². The highest BCUT2D eigenvalue weighted by molar-refractivity contribution is 5.87. The molecular formula is C22H25NO5. The van der Waals surface area contributed by atoms with Gasteiger partial charge < -0.3 is 24.2 Å². The van der Waals surface area contributed by atoms with Crippen LogP contribution in [-0.4, -0.2) is 47.9 Å². The highest BCUT2D eigenvalue weighted by Crippen LogP contribution is 2.39. The number of hydrogen-bond donors (Lipinski definition) is 1. The van der Waals surface area contributed by atoms with E-state index in [4.69, 9.17) is 14.2 Å². The lowest BCUT2D eigenvalue weighted by molar-refractivity contribution is -0.178. The Kier molecular flexibility index (Phi) is 5.35. The summed E-state index contributed by atoms with van der Waals surface area (Å²) in [5.74, 6) is 0.249. The van der Waals surface area contributed by atoms with Crippen LogP contribution in [0.1, 0.15) is 24.3 Å². The fourth-order valence-corrected chi connectivity index (χ4v) is 4.01. The largest absolute Gasteiger partial charge is 0.497 e. The molecule has 0 bridgehead atoms. The number of β-lactam (4-membered cyclic amide) rings is 1. The molecule has 2 heterocycles. The van der Waals surface area contributed by atoms with E-state index < -0.39 is 18.3 Å². The molecule has 2 aliphatic heterocycles. The predicted octanol–water partition coefficient (Wildman–Crippen LogP) is 2.52. The molecule has 0 saturated carbocycles. The van der Waals surface area contributed by atoms with Crippen molar-refractivity contribution in [2.24, 2.45) is 5.92 Å². The van der Waals surface area contributed by atoms with Gasteiger partial charge in [-0.25, -0.2) is 0 Å². The van der Waals surface area contributed by atoms with Crippen LogP contribution in [0.2, 0.25) is 0 Å². The minimum absolute atomic E-state index is 0.0532. The first-order valence-electron chi connectivity index (χ1n) is 9.52. The van der Waals surface area contributed by atoms with E-state index in [0.717, 1.165) is 16.9 Å². The Balaban J connectivity index is 1.49. The first-order chi connectivity index (χ1) is 13.6. The fourth-order valence-electron chi connectivity index (χ4n) is 4.01. The molecule has 148 valence electrons. The molecule has 2 fully saturated rings. The molecule has 0 unspecified atom stereocenters. The molecule has 2 saturated heterocycles. The number of carbonyl (C=O) groups excluding carboxylic acids is 1. The van der Waals surface area contributed by atoms with E-state index in [0.29, 0.717) is 13.2 Å². The molecule has 2 aliphatic rings. The predicted molar refractivity (Wildman–Crippen MR) is 103 cm³/mol. The molecule has 0 aliphatic carbocycles. The molecule has 6 heteroatoms. The highest BCUT2D eigenvalue weighted by Gasteiger charge is 2.55. The van der Waals surface area contributed by atoms with Crippen molar-refractivity contribution in [2.75, 3.05) is 13.7 Å². The average Bonchev–Trinajstić information content (AvgIpc) is 3.20. The zero-order chi connectivity index (χ0) is 19.7. The Morgan fingerprint density at radius 3 is 2.54 bits per heavy atom. The fraction of sp³-hybridized carbons (Fsp3) is 0.409. The normalized spacial score (nSPS) is 28.1. The summed E-state index contributed by atoms with van der Waals surface area (Å²) in [6, 6.07) is 17.2. The molecule has 28 heavy (non-hydrogen) atoms. The number of hydrogen-bond acceptors (Lipinski definition) is 5. The number of nitrogens with zero attached hydrogens (tertiary/aromatic N) is 1. The summed E-state index contributed by atoms with van der Waals surface area (Å²) >= 11 is 0. The van der Waals surface area contributed by atoms with Crippen molar-refractivity contribution in [3.63, 3.8) is 0 Å². The van der Waals surface area contributed by atoms with Crippen molar-refractivity contribution in [3.05, 3.63) is 65.7 Å². The minimum Gasteiger partial charge on any atom is -0.497 e. The van der Waals surface area contributed by atoms with E-state index in [9.17, 15) is 9.90 Å². The molecule has 0 radical (unpaired) electrons. The van der Waals surface area contributed by atoms with E-state index >= 15 is 0 Å². The van der Waals surface area contributed by atoms with Gasteiger partial charge in [-0.3, -0.25) is 4.79 Å². The summed E-state index contributed by atoms with van der Waals surface area (Å²) < 4.78 is 17.2. The summed E-state index contributed by atoms with van der Waals surface area (Å²) in [6.07, 6.45) is -1.45. The molecular weight excluding hydrogens is 358 g/mol. The number of aliphatic hydroxyl groups excluding tert-OH is 1. The lowest BCUT2D eigenvalue weighted by Crippen LogP contribution is -2.68. The lowest BCUT2D eigenvalue weighted by atomic mass is 9.79. The first-order valence-corrected chi connectivity index (χ1v) is 9.52. The van der Waals surface area contributed by atoms with Crippen LogP contribution in [0, 0.1) is 5.92 Å². The van der Waals surface area contributed by atoms with E-state index in [-0.39, 0.29) is 18.1 Å². The van der Waals surface area contributed by atoms with Gasteiger partial charge in [-0.2, -0.15) is 0 Å². The van der Waals surface area contributed by atoms with Gasteiger partial charge in [-0.1, -0.05) is 42.5 Å². The third-order valence-corrected chi connectivity index (χ3v) is 5.49. The van der Waals surface area contributed by atoms with Gasteiger partial charge in [0.1, 0.15) is 11.9 Å². The van der Waals surface area contributed by atoms with E-state index in [2.05, 4.69) is 0 Å². The quantitative estimate of drug-likeness (QED) is 0.777. The van der Waals surface area contributed by atoms with Crippen molar-refractivity contribution in [3.8, 4) is 5.75 Å². The second-order valence-electron chi connectivity index (χ2n) is 7.32. The molecule has 4 rings (SSSR count). The zero-order valence-electron chi connectivity index (χ0n) is 16.0. The number of methoxy groups -OCH3 is 1. The number of carbonyl (C=O) groups is 1. The van der Waals surface area contributed by atoms with Crippen LogP contribution in [0.5, 0.6) is 5.75 Å². The Bertz CT molecular complexity index is 807. The molecule has 1 N–H and O–H groups in total. The summed E-state index contributed by atoms with van der Waals surface area (Å²) in [6.45, 7) is 2.51. The maximum absolute atomic E-state index is 12.7. The Labute approximate surface area is 164 Å². The Morgan fingerprint density at radius 1 is 1.18 bits per heavy atom. The van der Waals surface area contributed by atoms with Gasteiger partial charge in [0, 0.05) is 12.1 Å². The number of rotatable bonds is 6. The second-order valence-corrected chi connectivity index (χ2v) is 7.32. The molecule has 0 aromatic heterocycles. The van der Waals surface area contributed by atoms with Crippen molar-refractivity contribution in [1.82, 2.24) is 4.90 Å². The van der Waals surface area contributed by atoms with Crippen LogP contribution in [0.25, 0.3) is 0 Å². The molecule has 2 aromatic rings. The molecule has 2 aromatic carbocycles. The first kappa shape index (κ1) is 18.9. The standard InChI is InChI=1S/C22H25NO5/c1-14(24)19-20(18-13-27-22(28-18)16-6-4-3-5-7-16)23(21(19)25)12-15-8-10-17(26-2)11-9-15/h3-11,14,18-20,22,24H,12-13H2,1-2H3/t14-,18+,19+,20+,22-/m0/s1. The summed E-state index contributed by atoms with van der Waals surface area (Å²) in [7, 11) is 1.62. The van der Waals surface area contributed by atoms with Crippen LogP contribution in [0.4, 0.5) is 0 Å². The SMILES string of the molecule is COc1ccc(CN2C(=O)[C@H]([C@H](C)O)[C@H]2[C@H]2CO[C@H](c3ccccc3)O2)cc1. The van der Waals surface area contributed by atoms with Crippen LogP contribution in [0.15, 0.2) is 54.6 Å². The second kappa shape index (κ2) is 7.91. The van der Waals surface area contributed by atoms with Gasteiger partial charge in [0.15, 0.2) is 6.29 Å². The lowest BCUT2D eigenvalue weighted by Gasteiger charge is -2.50. The molecule has 0 spiro atoms. The van der Waals surface area contributed by atoms with Crippen molar-refractivity contribution in [1.29, 1.82) is 0 Å². The van der Waals surface area contributed by atoms with Gasteiger partial charge >= 0.3 is 0 Å². The molecule has 6 nitrogen and oxygen atoms in total. The van der Waals surface area contributed by atoms with Gasteiger partial charge in [0.25, 0.3) is 0 Å². The van der Waals surface area contributed by atoms with Crippen LogP contribution in [0.3, 0.4) is 0 Å².